The van der Waals surface area contributed by atoms with E-state index in [2.05, 4.69) is 15.9 Å². The van der Waals surface area contributed by atoms with Crippen molar-refractivity contribution in [2.24, 2.45) is 11.3 Å². The molecule has 2 saturated heterocycles. The second-order valence-electron chi connectivity index (χ2n) is 5.79. The third-order valence-electron chi connectivity index (χ3n) is 4.58. The number of carboxylic acid groups (broad SMARTS) is 1. The number of fused-ring (bicyclic) bond motifs is 1. The van der Waals surface area contributed by atoms with Gasteiger partial charge in [0.05, 0.1) is 22.6 Å². The van der Waals surface area contributed by atoms with Crippen molar-refractivity contribution in [3.05, 3.63) is 33.3 Å². The topological polar surface area (TPSA) is 66.8 Å². The maximum atomic E-state index is 12.7. The van der Waals surface area contributed by atoms with Gasteiger partial charge in [-0.3, -0.25) is 9.59 Å². The summed E-state index contributed by atoms with van der Waals surface area (Å²) in [5.74, 6) is -1.26. The first kappa shape index (κ1) is 15.8. The minimum atomic E-state index is -0.896. The molecule has 1 N–H and O–H groups in total. The fourth-order valence-electron chi connectivity index (χ4n) is 3.29. The van der Waals surface area contributed by atoms with Gasteiger partial charge in [-0.05, 0) is 24.6 Å². The minimum absolute atomic E-state index is 0.173. The smallest absolute Gasteiger partial charge is 0.311 e. The lowest BCUT2D eigenvalue weighted by Crippen LogP contribution is -2.45. The maximum Gasteiger partial charge on any atom is 0.311 e. The van der Waals surface area contributed by atoms with Crippen LogP contribution in [0.15, 0.2) is 22.7 Å². The van der Waals surface area contributed by atoms with Crippen LogP contribution in [0.25, 0.3) is 0 Å². The number of aliphatic carboxylic acids is 1. The van der Waals surface area contributed by atoms with Gasteiger partial charge >= 0.3 is 5.97 Å². The van der Waals surface area contributed by atoms with Gasteiger partial charge in [0.15, 0.2) is 0 Å². The predicted octanol–water partition coefficient (Wildman–Crippen LogP) is 2.67. The van der Waals surface area contributed by atoms with Crippen molar-refractivity contribution in [3.63, 3.8) is 0 Å². The molecular weight excluding hydrogens is 374 g/mol. The molecule has 118 valence electrons. The molecule has 0 aliphatic carbocycles. The molecule has 2 fully saturated rings. The summed E-state index contributed by atoms with van der Waals surface area (Å²) in [6, 6.07) is 5.07. The van der Waals surface area contributed by atoms with E-state index in [0.29, 0.717) is 36.8 Å². The Kier molecular flexibility index (Phi) is 4.18. The number of hydrogen-bond acceptors (Lipinski definition) is 3. The van der Waals surface area contributed by atoms with E-state index in [-0.39, 0.29) is 18.4 Å². The summed E-state index contributed by atoms with van der Waals surface area (Å²) < 4.78 is 6.16. The normalized spacial score (nSPS) is 27.5. The van der Waals surface area contributed by atoms with E-state index < -0.39 is 11.4 Å². The van der Waals surface area contributed by atoms with Gasteiger partial charge < -0.3 is 14.7 Å². The van der Waals surface area contributed by atoms with E-state index in [0.717, 1.165) is 4.47 Å². The average Bonchev–Trinajstić information content (AvgIpc) is 2.90. The highest BCUT2D eigenvalue weighted by molar-refractivity contribution is 9.10. The van der Waals surface area contributed by atoms with Crippen LogP contribution in [-0.2, 0) is 9.53 Å². The molecule has 1 amide bonds. The number of rotatable bonds is 2. The van der Waals surface area contributed by atoms with Gasteiger partial charge in [-0.25, -0.2) is 0 Å². The summed E-state index contributed by atoms with van der Waals surface area (Å²) in [5.41, 5.74) is -0.511. The third kappa shape index (κ3) is 2.53. The maximum absolute atomic E-state index is 12.7. The number of carboxylic acids is 1. The van der Waals surface area contributed by atoms with Gasteiger partial charge in [-0.1, -0.05) is 27.5 Å². The van der Waals surface area contributed by atoms with Crippen LogP contribution < -0.4 is 0 Å². The van der Waals surface area contributed by atoms with Gasteiger partial charge in [-0.15, -0.1) is 0 Å². The van der Waals surface area contributed by atoms with Crippen molar-refractivity contribution in [2.45, 2.75) is 6.42 Å². The van der Waals surface area contributed by atoms with Crippen LogP contribution in [0, 0.1) is 11.3 Å². The van der Waals surface area contributed by atoms with Crippen LogP contribution in [0.5, 0.6) is 0 Å². The van der Waals surface area contributed by atoms with E-state index >= 15 is 0 Å². The summed E-state index contributed by atoms with van der Waals surface area (Å²) in [7, 11) is 0. The first-order valence-corrected chi connectivity index (χ1v) is 8.16. The van der Waals surface area contributed by atoms with E-state index in [1.807, 2.05) is 0 Å². The SMILES string of the molecule is O=C(c1cc(Br)ccc1Cl)N1C[C@H]2COCC[C@@]2(C(=O)O)C1. The molecule has 2 aliphatic rings. The van der Waals surface area contributed by atoms with Crippen LogP contribution in [0.3, 0.4) is 0 Å². The number of carbonyl (C=O) groups is 2. The second-order valence-corrected chi connectivity index (χ2v) is 7.12. The highest BCUT2D eigenvalue weighted by Gasteiger charge is 2.55. The zero-order chi connectivity index (χ0) is 15.9. The lowest BCUT2D eigenvalue weighted by atomic mass is 9.74. The molecule has 0 aromatic heterocycles. The molecule has 0 radical (unpaired) electrons. The third-order valence-corrected chi connectivity index (χ3v) is 5.40. The van der Waals surface area contributed by atoms with Gasteiger partial charge in [0.25, 0.3) is 5.91 Å². The fourth-order valence-corrected chi connectivity index (χ4v) is 3.85. The first-order valence-electron chi connectivity index (χ1n) is 6.99. The number of ether oxygens (including phenoxy) is 1. The van der Waals surface area contributed by atoms with Gasteiger partial charge in [0.1, 0.15) is 0 Å². The minimum Gasteiger partial charge on any atom is -0.481 e. The molecule has 7 heteroatoms. The van der Waals surface area contributed by atoms with Crippen molar-refractivity contribution >= 4 is 39.4 Å². The highest BCUT2D eigenvalue weighted by Crippen LogP contribution is 2.43. The largest absolute Gasteiger partial charge is 0.481 e. The molecule has 2 aliphatic heterocycles. The van der Waals surface area contributed by atoms with Crippen molar-refractivity contribution in [1.82, 2.24) is 4.90 Å². The molecule has 0 spiro atoms. The Morgan fingerprint density at radius 3 is 2.91 bits per heavy atom. The first-order chi connectivity index (χ1) is 10.4. The second kappa shape index (κ2) is 5.83. The zero-order valence-electron chi connectivity index (χ0n) is 11.7. The Bertz CT molecular complexity index is 638. The molecule has 3 rings (SSSR count). The van der Waals surface area contributed by atoms with Crippen molar-refractivity contribution in [2.75, 3.05) is 26.3 Å². The lowest BCUT2D eigenvalue weighted by molar-refractivity contribution is -0.157. The number of benzene rings is 1. The van der Waals surface area contributed by atoms with E-state index in [1.165, 1.54) is 0 Å². The lowest BCUT2D eigenvalue weighted by Gasteiger charge is -2.33. The molecular formula is C15H15BrClNO4. The number of hydrogen-bond donors (Lipinski definition) is 1. The van der Waals surface area contributed by atoms with Gasteiger partial charge in [0, 0.05) is 30.1 Å². The molecule has 5 nitrogen and oxygen atoms in total. The molecule has 1 aromatic rings. The molecule has 1 aromatic carbocycles. The van der Waals surface area contributed by atoms with E-state index in [1.54, 1.807) is 23.1 Å². The van der Waals surface area contributed by atoms with Gasteiger partial charge in [-0.2, -0.15) is 0 Å². The Morgan fingerprint density at radius 2 is 2.23 bits per heavy atom. The number of likely N-dealkylation sites (tertiary alicyclic amines) is 1. The van der Waals surface area contributed by atoms with Crippen LogP contribution in [-0.4, -0.2) is 48.2 Å². The highest BCUT2D eigenvalue weighted by atomic mass is 79.9. The van der Waals surface area contributed by atoms with Crippen molar-refractivity contribution in [1.29, 1.82) is 0 Å². The Balaban J connectivity index is 1.89. The van der Waals surface area contributed by atoms with Gasteiger partial charge in [0.2, 0.25) is 0 Å². The van der Waals surface area contributed by atoms with Crippen LogP contribution >= 0.6 is 27.5 Å². The summed E-state index contributed by atoms with van der Waals surface area (Å²) in [4.78, 5) is 26.1. The fraction of sp³-hybridized carbons (Fsp3) is 0.467. The van der Waals surface area contributed by atoms with Crippen LogP contribution in [0.1, 0.15) is 16.8 Å². The van der Waals surface area contributed by atoms with Crippen LogP contribution in [0.2, 0.25) is 5.02 Å². The molecule has 0 unspecified atom stereocenters. The number of amides is 1. The summed E-state index contributed by atoms with van der Waals surface area (Å²) >= 11 is 9.43. The molecule has 0 saturated carbocycles. The van der Waals surface area contributed by atoms with Crippen molar-refractivity contribution < 1.29 is 19.4 Å². The molecule has 2 atom stereocenters. The molecule has 22 heavy (non-hydrogen) atoms. The standard InChI is InChI=1S/C15H15BrClNO4/c16-10-1-2-12(17)11(5-10)13(19)18-6-9-7-22-4-3-15(9,8-18)14(20)21/h1-2,5,9H,3-4,6-8H2,(H,20,21)/t9-,15+/m0/s1. The summed E-state index contributed by atoms with van der Waals surface area (Å²) in [6.07, 6.45) is 0.434. The zero-order valence-corrected chi connectivity index (χ0v) is 14.1. The summed E-state index contributed by atoms with van der Waals surface area (Å²) in [5, 5.41) is 10.0. The molecule has 0 bridgehead atoms. The Labute approximate surface area is 141 Å². The number of nitrogens with zero attached hydrogens (tertiary/aromatic N) is 1. The Morgan fingerprint density at radius 1 is 1.45 bits per heavy atom. The predicted molar refractivity (Wildman–Crippen MR) is 84.1 cm³/mol. The number of carbonyl (C=O) groups excluding carboxylic acids is 1. The quantitative estimate of drug-likeness (QED) is 0.846. The van der Waals surface area contributed by atoms with Crippen LogP contribution in [0.4, 0.5) is 0 Å². The Hall–Kier alpha value is -1.11. The average molecular weight is 389 g/mol. The van der Waals surface area contributed by atoms with E-state index in [4.69, 9.17) is 16.3 Å². The summed E-state index contributed by atoms with van der Waals surface area (Å²) in [6.45, 7) is 1.39. The van der Waals surface area contributed by atoms with Crippen molar-refractivity contribution in [3.8, 4) is 0 Å². The monoisotopic (exact) mass is 387 g/mol. The molecule has 2 heterocycles. The van der Waals surface area contributed by atoms with E-state index in [9.17, 15) is 14.7 Å². The number of halogens is 2.